The number of aromatic nitrogens is 1. The summed E-state index contributed by atoms with van der Waals surface area (Å²) < 4.78 is 17.9. The molecule has 0 spiro atoms. The van der Waals surface area contributed by atoms with Crippen LogP contribution in [0.5, 0.6) is 5.75 Å². The monoisotopic (exact) mass is 418 g/mol. The summed E-state index contributed by atoms with van der Waals surface area (Å²) in [4.78, 5) is 28.5. The molecule has 0 radical (unpaired) electrons. The molecule has 0 aliphatic carbocycles. The molecule has 3 aliphatic rings. The molecule has 164 valence electrons. The summed E-state index contributed by atoms with van der Waals surface area (Å²) in [5.41, 5.74) is 0.813. The van der Waals surface area contributed by atoms with Crippen molar-refractivity contribution in [1.29, 1.82) is 0 Å². The fraction of sp³-hybridized carbons (Fsp3) is 0.667. The van der Waals surface area contributed by atoms with E-state index in [0.29, 0.717) is 31.9 Å². The summed E-state index contributed by atoms with van der Waals surface area (Å²) in [6, 6.07) is 3.10. The Morgan fingerprint density at radius 3 is 2.80 bits per heavy atom. The smallest absolute Gasteiger partial charge is 0.315 e. The number of pyridine rings is 1. The third kappa shape index (κ3) is 4.37. The Morgan fingerprint density at radius 2 is 2.10 bits per heavy atom. The Balaban J connectivity index is 1.32. The minimum Gasteiger partial charge on any atom is -0.483 e. The van der Waals surface area contributed by atoms with Crippen molar-refractivity contribution in [2.24, 2.45) is 11.8 Å². The van der Waals surface area contributed by atoms with Crippen LogP contribution in [0.3, 0.4) is 0 Å². The van der Waals surface area contributed by atoms with Crippen LogP contribution in [0.25, 0.3) is 0 Å². The minimum absolute atomic E-state index is 0.0362. The minimum atomic E-state index is -0.265. The second kappa shape index (κ2) is 8.77. The Bertz CT molecular complexity index is 788. The zero-order chi connectivity index (χ0) is 21.3. The first-order valence-electron chi connectivity index (χ1n) is 10.6. The molecular formula is C21H30N4O5. The largest absolute Gasteiger partial charge is 0.483 e. The first kappa shape index (κ1) is 20.9. The molecule has 6 atom stereocenters. The molecule has 0 aromatic carbocycles. The van der Waals surface area contributed by atoms with Gasteiger partial charge in [-0.1, -0.05) is 13.8 Å². The molecule has 4 rings (SSSR count). The fourth-order valence-electron chi connectivity index (χ4n) is 4.52. The van der Waals surface area contributed by atoms with Gasteiger partial charge in [-0.05, 0) is 25.0 Å². The molecule has 9 nitrogen and oxygen atoms in total. The summed E-state index contributed by atoms with van der Waals surface area (Å²) in [6.07, 6.45) is 1.42. The molecule has 0 saturated carbocycles. The van der Waals surface area contributed by atoms with Crippen LogP contribution in [0.4, 0.5) is 4.79 Å². The Labute approximate surface area is 176 Å². The average Bonchev–Trinajstić information content (AvgIpc) is 3.40. The lowest BCUT2D eigenvalue weighted by atomic mass is 9.90. The van der Waals surface area contributed by atoms with Gasteiger partial charge in [0.15, 0.2) is 6.10 Å². The van der Waals surface area contributed by atoms with E-state index < -0.39 is 0 Å². The summed E-state index contributed by atoms with van der Waals surface area (Å²) >= 11 is 0. The predicted molar refractivity (Wildman–Crippen MR) is 108 cm³/mol. The van der Waals surface area contributed by atoms with Crippen LogP contribution in [0.15, 0.2) is 18.3 Å². The zero-order valence-corrected chi connectivity index (χ0v) is 17.6. The third-order valence-electron chi connectivity index (χ3n) is 6.09. The fourth-order valence-corrected chi connectivity index (χ4v) is 4.52. The van der Waals surface area contributed by atoms with Gasteiger partial charge in [-0.3, -0.25) is 9.78 Å². The van der Waals surface area contributed by atoms with E-state index in [2.05, 4.69) is 20.9 Å². The molecule has 3 saturated heterocycles. The number of amides is 3. The third-order valence-corrected chi connectivity index (χ3v) is 6.09. The van der Waals surface area contributed by atoms with Gasteiger partial charge in [0.2, 0.25) is 5.91 Å². The number of nitrogens with zero attached hydrogens (tertiary/aromatic N) is 1. The van der Waals surface area contributed by atoms with Crippen molar-refractivity contribution < 1.29 is 23.8 Å². The van der Waals surface area contributed by atoms with E-state index in [1.807, 2.05) is 32.9 Å². The number of hydrogen-bond donors (Lipinski definition) is 3. The van der Waals surface area contributed by atoms with Crippen molar-refractivity contribution >= 4 is 11.9 Å². The first-order chi connectivity index (χ1) is 14.4. The molecule has 3 fully saturated rings. The van der Waals surface area contributed by atoms with Crippen LogP contribution in [0, 0.1) is 18.8 Å². The highest BCUT2D eigenvalue weighted by atomic mass is 16.6. The van der Waals surface area contributed by atoms with Gasteiger partial charge in [0.1, 0.15) is 18.0 Å². The van der Waals surface area contributed by atoms with E-state index in [1.165, 1.54) is 0 Å². The summed E-state index contributed by atoms with van der Waals surface area (Å²) in [5, 5.41) is 8.89. The second-order valence-corrected chi connectivity index (χ2v) is 8.60. The zero-order valence-electron chi connectivity index (χ0n) is 17.6. The summed E-state index contributed by atoms with van der Waals surface area (Å²) in [6.45, 7) is 7.34. The highest BCUT2D eigenvalue weighted by Gasteiger charge is 2.49. The van der Waals surface area contributed by atoms with Gasteiger partial charge >= 0.3 is 6.03 Å². The molecule has 4 heterocycles. The van der Waals surface area contributed by atoms with Gasteiger partial charge in [-0.2, -0.15) is 0 Å². The van der Waals surface area contributed by atoms with Crippen LogP contribution in [-0.2, 0) is 14.3 Å². The van der Waals surface area contributed by atoms with Crippen molar-refractivity contribution in [1.82, 2.24) is 20.9 Å². The van der Waals surface area contributed by atoms with Gasteiger partial charge < -0.3 is 30.2 Å². The maximum atomic E-state index is 12.7. The number of aryl methyl sites for hydroxylation is 1. The molecule has 1 aromatic heterocycles. The van der Waals surface area contributed by atoms with E-state index in [9.17, 15) is 9.59 Å². The van der Waals surface area contributed by atoms with Crippen LogP contribution in [0.2, 0.25) is 0 Å². The van der Waals surface area contributed by atoms with Crippen LogP contribution >= 0.6 is 0 Å². The number of rotatable bonds is 6. The Morgan fingerprint density at radius 1 is 1.30 bits per heavy atom. The normalized spacial score (nSPS) is 31.3. The van der Waals surface area contributed by atoms with Crippen LogP contribution in [0.1, 0.15) is 26.0 Å². The number of ether oxygens (including phenoxy) is 3. The average molecular weight is 418 g/mol. The van der Waals surface area contributed by atoms with Crippen LogP contribution in [-0.4, -0.2) is 67.1 Å². The highest BCUT2D eigenvalue weighted by Crippen LogP contribution is 2.30. The van der Waals surface area contributed by atoms with Gasteiger partial charge in [0, 0.05) is 31.1 Å². The topological polar surface area (TPSA) is 111 Å². The maximum Gasteiger partial charge on any atom is 0.315 e. The maximum absolute atomic E-state index is 12.7. The van der Waals surface area contributed by atoms with Crippen molar-refractivity contribution in [3.05, 3.63) is 24.0 Å². The highest BCUT2D eigenvalue weighted by molar-refractivity contribution is 5.79. The number of carbonyl (C=O) groups is 2. The molecule has 9 heteroatoms. The second-order valence-electron chi connectivity index (χ2n) is 8.60. The van der Waals surface area contributed by atoms with Gasteiger partial charge in [-0.15, -0.1) is 0 Å². The number of fused-ring (bicyclic) bond motifs is 1. The van der Waals surface area contributed by atoms with E-state index >= 15 is 0 Å². The molecule has 0 bridgehead atoms. The van der Waals surface area contributed by atoms with Crippen molar-refractivity contribution in [3.63, 3.8) is 0 Å². The SMILES string of the molecule is Cc1ncccc1O[C@H]1CO[C@H]2[C@@H]1OC[C@@H]2NC(=O)NC(C(C)C)C1CNC(=O)C1. The molecule has 3 N–H and O–H groups in total. The first-order valence-corrected chi connectivity index (χ1v) is 10.6. The van der Waals surface area contributed by atoms with Crippen molar-refractivity contribution in [3.8, 4) is 5.75 Å². The van der Waals surface area contributed by atoms with Crippen molar-refractivity contribution in [2.45, 2.75) is 57.6 Å². The number of nitrogens with one attached hydrogen (secondary N) is 3. The molecule has 30 heavy (non-hydrogen) atoms. The quantitative estimate of drug-likeness (QED) is 0.629. The summed E-state index contributed by atoms with van der Waals surface area (Å²) in [7, 11) is 0. The van der Waals surface area contributed by atoms with Crippen LogP contribution < -0.4 is 20.7 Å². The lowest BCUT2D eigenvalue weighted by molar-refractivity contribution is -0.119. The lowest BCUT2D eigenvalue weighted by Gasteiger charge is -2.28. The van der Waals surface area contributed by atoms with Gasteiger partial charge in [0.05, 0.1) is 24.9 Å². The predicted octanol–water partition coefficient (Wildman–Crippen LogP) is 0.764. The van der Waals surface area contributed by atoms with E-state index in [-0.39, 0.29) is 54.2 Å². The molecule has 3 aliphatic heterocycles. The summed E-state index contributed by atoms with van der Waals surface area (Å²) in [5.74, 6) is 1.06. The standard InChI is InChI=1S/C21H30N4O5/c1-11(2)18(13-7-17(26)23-8-13)25-21(27)24-14-9-28-20-16(10-29-19(14)20)30-15-5-4-6-22-12(15)3/h4-6,11,13-14,16,18-20H,7-10H2,1-3H3,(H,23,26)(H2,24,25,27)/t13?,14-,16-,18?,19+,20+/m0/s1. The molecule has 2 unspecified atom stereocenters. The van der Waals surface area contributed by atoms with Gasteiger partial charge in [-0.25, -0.2) is 4.79 Å². The molecule has 1 aromatic rings. The van der Waals surface area contributed by atoms with E-state index in [0.717, 1.165) is 5.69 Å². The lowest BCUT2D eigenvalue weighted by Crippen LogP contribution is -2.53. The molecule has 3 amide bonds. The Hall–Kier alpha value is -2.39. The van der Waals surface area contributed by atoms with E-state index in [4.69, 9.17) is 14.2 Å². The number of hydrogen-bond acceptors (Lipinski definition) is 6. The number of carbonyl (C=O) groups excluding carboxylic acids is 2. The Kier molecular flexibility index (Phi) is 6.10. The van der Waals surface area contributed by atoms with E-state index in [1.54, 1.807) is 6.20 Å². The van der Waals surface area contributed by atoms with Crippen molar-refractivity contribution in [2.75, 3.05) is 19.8 Å². The number of urea groups is 1. The molecular weight excluding hydrogens is 388 g/mol. The van der Waals surface area contributed by atoms with Gasteiger partial charge in [0.25, 0.3) is 0 Å².